The monoisotopic (exact) mass is 334 g/mol. The number of benzene rings is 1. The lowest BCUT2D eigenvalue weighted by molar-refractivity contribution is -0.147. The number of nitrogens with zero attached hydrogens (tertiary/aromatic N) is 1. The lowest BCUT2D eigenvalue weighted by Gasteiger charge is -2.29. The average molecular weight is 334 g/mol. The summed E-state index contributed by atoms with van der Waals surface area (Å²) in [6.45, 7) is 3.74. The number of rotatable bonds is 7. The highest BCUT2D eigenvalue weighted by Crippen LogP contribution is 2.31. The van der Waals surface area contributed by atoms with Crippen LogP contribution in [-0.2, 0) is 14.4 Å². The van der Waals surface area contributed by atoms with Crippen molar-refractivity contribution in [2.24, 2.45) is 5.41 Å². The maximum absolute atomic E-state index is 12.0. The summed E-state index contributed by atoms with van der Waals surface area (Å²) in [5, 5.41) is 11.7. The lowest BCUT2D eigenvalue weighted by Crippen LogP contribution is -2.41. The minimum atomic E-state index is -0.896. The topological polar surface area (TPSA) is 95.9 Å². The van der Waals surface area contributed by atoms with E-state index >= 15 is 0 Å². The van der Waals surface area contributed by atoms with Crippen LogP contribution >= 0.6 is 0 Å². The summed E-state index contributed by atoms with van der Waals surface area (Å²) in [5.74, 6) is -0.672. The van der Waals surface area contributed by atoms with Crippen molar-refractivity contribution < 1.29 is 24.2 Å². The number of hydrogen-bond acceptors (Lipinski definition) is 4. The first-order valence-corrected chi connectivity index (χ1v) is 7.83. The second-order valence-corrected chi connectivity index (χ2v) is 6.34. The SMILES string of the molecule is CC(C)(CCNC(=O)CCN1C(=O)COc2ccccc21)C(=O)O. The highest BCUT2D eigenvalue weighted by atomic mass is 16.5. The smallest absolute Gasteiger partial charge is 0.309 e. The van der Waals surface area contributed by atoms with Gasteiger partial charge >= 0.3 is 5.97 Å². The predicted molar refractivity (Wildman–Crippen MR) is 88.0 cm³/mol. The first-order chi connectivity index (χ1) is 11.3. The van der Waals surface area contributed by atoms with Crippen LogP contribution in [-0.4, -0.2) is 42.6 Å². The van der Waals surface area contributed by atoms with Crippen LogP contribution in [0.3, 0.4) is 0 Å². The summed E-state index contributed by atoms with van der Waals surface area (Å²) in [7, 11) is 0. The largest absolute Gasteiger partial charge is 0.482 e. The zero-order chi connectivity index (χ0) is 17.7. The molecule has 0 saturated heterocycles. The molecular formula is C17H22N2O5. The first kappa shape index (κ1) is 17.8. The van der Waals surface area contributed by atoms with Crippen LogP contribution in [0, 0.1) is 5.41 Å². The highest BCUT2D eigenvalue weighted by Gasteiger charge is 2.27. The normalized spacial score (nSPS) is 13.9. The van der Waals surface area contributed by atoms with Gasteiger partial charge in [0.15, 0.2) is 6.61 Å². The van der Waals surface area contributed by atoms with Crippen LogP contribution in [0.2, 0.25) is 0 Å². The van der Waals surface area contributed by atoms with Crippen molar-refractivity contribution in [3.63, 3.8) is 0 Å². The molecule has 1 heterocycles. The Bertz CT molecular complexity index is 642. The molecule has 1 aromatic carbocycles. The Balaban J connectivity index is 1.84. The Hall–Kier alpha value is -2.57. The van der Waals surface area contributed by atoms with Gasteiger partial charge in [0.1, 0.15) is 5.75 Å². The third kappa shape index (κ3) is 4.24. The standard InChI is InChI=1S/C17H22N2O5/c1-17(2,16(22)23)8-9-18-14(20)7-10-19-12-5-3-4-6-13(12)24-11-15(19)21/h3-6H,7-11H2,1-2H3,(H,18,20)(H,22,23). The van der Waals surface area contributed by atoms with Gasteiger partial charge in [0.05, 0.1) is 11.1 Å². The number of para-hydroxylation sites is 2. The highest BCUT2D eigenvalue weighted by molar-refractivity contribution is 5.98. The van der Waals surface area contributed by atoms with Gasteiger partial charge in [-0.05, 0) is 32.4 Å². The molecule has 2 amide bonds. The minimum absolute atomic E-state index is 0.0363. The number of nitrogens with one attached hydrogen (secondary N) is 1. The molecule has 0 atom stereocenters. The second-order valence-electron chi connectivity index (χ2n) is 6.34. The molecule has 0 saturated carbocycles. The number of carbonyl (C=O) groups is 3. The summed E-state index contributed by atoms with van der Waals surface area (Å²) in [6.07, 6.45) is 0.487. The molecular weight excluding hydrogens is 312 g/mol. The molecule has 2 N–H and O–H groups in total. The summed E-state index contributed by atoms with van der Waals surface area (Å²) in [4.78, 5) is 36.5. The number of hydrogen-bond donors (Lipinski definition) is 2. The van der Waals surface area contributed by atoms with E-state index in [1.54, 1.807) is 30.9 Å². The molecule has 0 bridgehead atoms. The van der Waals surface area contributed by atoms with Crippen LogP contribution < -0.4 is 15.0 Å². The van der Waals surface area contributed by atoms with Crippen molar-refractivity contribution in [3.05, 3.63) is 24.3 Å². The molecule has 130 valence electrons. The fraction of sp³-hybridized carbons (Fsp3) is 0.471. The average Bonchev–Trinajstić information content (AvgIpc) is 2.53. The molecule has 0 fully saturated rings. The minimum Gasteiger partial charge on any atom is -0.482 e. The first-order valence-electron chi connectivity index (χ1n) is 7.83. The maximum atomic E-state index is 12.0. The number of fused-ring (bicyclic) bond motifs is 1. The van der Waals surface area contributed by atoms with Gasteiger partial charge < -0.3 is 20.1 Å². The van der Waals surface area contributed by atoms with Crippen molar-refractivity contribution in [2.75, 3.05) is 24.6 Å². The Morgan fingerprint density at radius 1 is 1.33 bits per heavy atom. The van der Waals surface area contributed by atoms with Crippen molar-refractivity contribution >= 4 is 23.5 Å². The molecule has 1 aliphatic rings. The van der Waals surface area contributed by atoms with E-state index < -0.39 is 11.4 Å². The van der Waals surface area contributed by atoms with E-state index in [1.807, 2.05) is 12.1 Å². The van der Waals surface area contributed by atoms with Gasteiger partial charge in [0, 0.05) is 19.5 Å². The van der Waals surface area contributed by atoms with Gasteiger partial charge in [-0.25, -0.2) is 0 Å². The molecule has 24 heavy (non-hydrogen) atoms. The van der Waals surface area contributed by atoms with Crippen LogP contribution in [0.25, 0.3) is 0 Å². The van der Waals surface area contributed by atoms with E-state index in [0.717, 1.165) is 0 Å². The van der Waals surface area contributed by atoms with Gasteiger partial charge in [0.25, 0.3) is 5.91 Å². The molecule has 1 aromatic rings. The van der Waals surface area contributed by atoms with E-state index in [4.69, 9.17) is 9.84 Å². The number of carboxylic acid groups (broad SMARTS) is 1. The Labute approximate surface area is 140 Å². The lowest BCUT2D eigenvalue weighted by atomic mass is 9.90. The predicted octanol–water partition coefficient (Wildman–Crippen LogP) is 1.42. The van der Waals surface area contributed by atoms with E-state index in [2.05, 4.69) is 5.32 Å². The molecule has 2 rings (SSSR count). The van der Waals surface area contributed by atoms with E-state index in [1.165, 1.54) is 0 Å². The third-order valence-corrected chi connectivity index (χ3v) is 4.02. The van der Waals surface area contributed by atoms with Crippen molar-refractivity contribution in [1.82, 2.24) is 5.32 Å². The van der Waals surface area contributed by atoms with Gasteiger partial charge in [-0.2, -0.15) is 0 Å². The molecule has 0 aliphatic carbocycles. The summed E-state index contributed by atoms with van der Waals surface area (Å²) < 4.78 is 5.35. The third-order valence-electron chi connectivity index (χ3n) is 4.02. The zero-order valence-electron chi connectivity index (χ0n) is 13.9. The molecule has 0 spiro atoms. The van der Waals surface area contributed by atoms with Crippen LogP contribution in [0.15, 0.2) is 24.3 Å². The molecule has 0 aromatic heterocycles. The summed E-state index contributed by atoms with van der Waals surface area (Å²) in [5.41, 5.74) is -0.222. The molecule has 7 nitrogen and oxygen atoms in total. The number of carboxylic acids is 1. The van der Waals surface area contributed by atoms with E-state index in [0.29, 0.717) is 17.9 Å². The van der Waals surface area contributed by atoms with Gasteiger partial charge in [-0.15, -0.1) is 0 Å². The second kappa shape index (κ2) is 7.33. The maximum Gasteiger partial charge on any atom is 0.309 e. The number of aliphatic carboxylic acids is 1. The van der Waals surface area contributed by atoms with Gasteiger partial charge in [0.2, 0.25) is 5.91 Å². The molecule has 7 heteroatoms. The number of ether oxygens (including phenoxy) is 1. The van der Waals surface area contributed by atoms with Crippen molar-refractivity contribution in [1.29, 1.82) is 0 Å². The number of anilines is 1. The Morgan fingerprint density at radius 3 is 2.75 bits per heavy atom. The van der Waals surface area contributed by atoms with Crippen molar-refractivity contribution in [3.8, 4) is 5.75 Å². The van der Waals surface area contributed by atoms with Crippen LogP contribution in [0.5, 0.6) is 5.75 Å². The summed E-state index contributed by atoms with van der Waals surface area (Å²) >= 11 is 0. The van der Waals surface area contributed by atoms with Crippen molar-refractivity contribution in [2.45, 2.75) is 26.7 Å². The zero-order valence-corrected chi connectivity index (χ0v) is 13.9. The van der Waals surface area contributed by atoms with Crippen LogP contribution in [0.1, 0.15) is 26.7 Å². The van der Waals surface area contributed by atoms with Crippen LogP contribution in [0.4, 0.5) is 5.69 Å². The fourth-order valence-corrected chi connectivity index (χ4v) is 2.32. The van der Waals surface area contributed by atoms with E-state index in [-0.39, 0.29) is 37.9 Å². The Morgan fingerprint density at radius 2 is 2.04 bits per heavy atom. The molecule has 0 radical (unpaired) electrons. The number of amides is 2. The molecule has 1 aliphatic heterocycles. The van der Waals surface area contributed by atoms with E-state index in [9.17, 15) is 14.4 Å². The number of carbonyl (C=O) groups excluding carboxylic acids is 2. The Kier molecular flexibility index (Phi) is 5.43. The fourth-order valence-electron chi connectivity index (χ4n) is 2.32. The quantitative estimate of drug-likeness (QED) is 0.786. The van der Waals surface area contributed by atoms with Gasteiger partial charge in [-0.3, -0.25) is 14.4 Å². The summed E-state index contributed by atoms with van der Waals surface area (Å²) in [6, 6.07) is 7.19. The molecule has 0 unspecified atom stereocenters. The van der Waals surface area contributed by atoms with Gasteiger partial charge in [-0.1, -0.05) is 12.1 Å².